The molecule has 2 rings (SSSR count). The molecular weight excluding hydrogens is 138 g/mol. The van der Waals surface area contributed by atoms with Crippen LogP contribution in [0.5, 0.6) is 0 Å². The van der Waals surface area contributed by atoms with Gasteiger partial charge in [0.1, 0.15) is 0 Å². The Bertz CT molecular complexity index is 186. The summed E-state index contributed by atoms with van der Waals surface area (Å²) >= 11 is 0. The van der Waals surface area contributed by atoms with Crippen molar-refractivity contribution in [3.63, 3.8) is 0 Å². The van der Waals surface area contributed by atoms with Crippen molar-refractivity contribution in [1.29, 1.82) is 0 Å². The third-order valence-electron chi connectivity index (χ3n) is 3.30. The van der Waals surface area contributed by atoms with Crippen molar-refractivity contribution in [3.8, 4) is 0 Å². The minimum Gasteiger partial charge on any atom is -0.326 e. The Morgan fingerprint density at radius 3 is 2.18 bits per heavy atom. The molecule has 0 spiro atoms. The molecule has 62 valence electrons. The zero-order valence-electron chi connectivity index (χ0n) is 7.01. The Morgan fingerprint density at radius 2 is 1.82 bits per heavy atom. The van der Waals surface area contributed by atoms with Crippen molar-refractivity contribution >= 4 is 0 Å². The fraction of sp³-hybridized carbons (Fsp3) is 1.00. The van der Waals surface area contributed by atoms with Crippen LogP contribution in [0.4, 0.5) is 0 Å². The molecule has 0 radical (unpaired) electrons. The van der Waals surface area contributed by atoms with E-state index in [0.717, 1.165) is 0 Å². The summed E-state index contributed by atoms with van der Waals surface area (Å²) in [6, 6.07) is 0. The monoisotopic (exact) mass is 153 g/mol. The molecule has 0 aromatic rings. The van der Waals surface area contributed by atoms with E-state index in [2.05, 4.69) is 17.2 Å². The third kappa shape index (κ3) is 0.836. The summed E-state index contributed by atoms with van der Waals surface area (Å²) in [5, 5.41) is 8.21. The van der Waals surface area contributed by atoms with Crippen LogP contribution in [0.15, 0.2) is 10.2 Å². The number of hydrogen-bond donors (Lipinski definition) is 1. The standard InChI is InChI=1S/C8H15N3/c1-7(4-2-3-5-7)8(6-9)10-11-8/h2-6,9H2,1H3. The largest absolute Gasteiger partial charge is 0.326 e. The smallest absolute Gasteiger partial charge is 0.208 e. The molecule has 3 heteroatoms. The summed E-state index contributed by atoms with van der Waals surface area (Å²) in [7, 11) is 0. The summed E-state index contributed by atoms with van der Waals surface area (Å²) in [6.45, 7) is 2.87. The summed E-state index contributed by atoms with van der Waals surface area (Å²) in [5.41, 5.74) is 5.78. The first-order valence-corrected chi connectivity index (χ1v) is 4.37. The number of hydrogen-bond acceptors (Lipinski definition) is 3. The average molecular weight is 153 g/mol. The molecular formula is C8H15N3. The predicted molar refractivity (Wildman–Crippen MR) is 43.2 cm³/mol. The van der Waals surface area contributed by atoms with Gasteiger partial charge in [0.15, 0.2) is 0 Å². The van der Waals surface area contributed by atoms with Crippen LogP contribution in [0, 0.1) is 5.41 Å². The van der Waals surface area contributed by atoms with Crippen LogP contribution in [-0.4, -0.2) is 12.2 Å². The highest BCUT2D eigenvalue weighted by atomic mass is 15.5. The second-order valence-electron chi connectivity index (χ2n) is 3.99. The van der Waals surface area contributed by atoms with Gasteiger partial charge in [0.25, 0.3) is 0 Å². The molecule has 1 fully saturated rings. The van der Waals surface area contributed by atoms with Gasteiger partial charge in [0.05, 0.1) is 0 Å². The van der Waals surface area contributed by atoms with E-state index in [4.69, 9.17) is 5.73 Å². The maximum absolute atomic E-state index is 5.65. The van der Waals surface area contributed by atoms with E-state index in [1.54, 1.807) is 0 Å². The fourth-order valence-electron chi connectivity index (χ4n) is 2.19. The van der Waals surface area contributed by atoms with Crippen LogP contribution in [0.1, 0.15) is 32.6 Å². The minimum atomic E-state index is -0.163. The van der Waals surface area contributed by atoms with Crippen molar-refractivity contribution in [3.05, 3.63) is 0 Å². The van der Waals surface area contributed by atoms with Gasteiger partial charge >= 0.3 is 0 Å². The van der Waals surface area contributed by atoms with Gasteiger partial charge in [-0.2, -0.15) is 10.2 Å². The molecule has 0 atom stereocenters. The van der Waals surface area contributed by atoms with E-state index in [9.17, 15) is 0 Å². The maximum atomic E-state index is 5.65. The van der Waals surface area contributed by atoms with E-state index in [-0.39, 0.29) is 5.66 Å². The van der Waals surface area contributed by atoms with Crippen LogP contribution >= 0.6 is 0 Å². The SMILES string of the molecule is CC1(C2(CN)N=N2)CCCC1. The Kier molecular flexibility index (Phi) is 1.34. The molecule has 3 nitrogen and oxygen atoms in total. The second-order valence-corrected chi connectivity index (χ2v) is 3.99. The average Bonchev–Trinajstić information content (AvgIpc) is 2.71. The highest BCUT2D eigenvalue weighted by Crippen LogP contribution is 2.53. The van der Waals surface area contributed by atoms with E-state index in [0.29, 0.717) is 12.0 Å². The first-order chi connectivity index (χ1) is 5.22. The molecule has 0 bridgehead atoms. The number of nitrogens with two attached hydrogens (primary N) is 1. The lowest BCUT2D eigenvalue weighted by molar-refractivity contribution is 0.227. The van der Waals surface area contributed by atoms with Crippen LogP contribution in [-0.2, 0) is 0 Å². The van der Waals surface area contributed by atoms with Gasteiger partial charge in [-0.25, -0.2) is 0 Å². The van der Waals surface area contributed by atoms with Crippen LogP contribution in [0.3, 0.4) is 0 Å². The number of nitrogens with zero attached hydrogens (tertiary/aromatic N) is 2. The van der Waals surface area contributed by atoms with E-state index < -0.39 is 0 Å². The van der Waals surface area contributed by atoms with E-state index >= 15 is 0 Å². The summed E-state index contributed by atoms with van der Waals surface area (Å²) in [4.78, 5) is 0. The zero-order valence-corrected chi connectivity index (χ0v) is 7.01. The van der Waals surface area contributed by atoms with Crippen molar-refractivity contribution < 1.29 is 0 Å². The first kappa shape index (κ1) is 7.22. The lowest BCUT2D eigenvalue weighted by Crippen LogP contribution is -2.39. The lowest BCUT2D eigenvalue weighted by Gasteiger charge is -2.28. The van der Waals surface area contributed by atoms with Gasteiger partial charge in [0.2, 0.25) is 5.66 Å². The van der Waals surface area contributed by atoms with Gasteiger partial charge < -0.3 is 5.73 Å². The topological polar surface area (TPSA) is 50.7 Å². The molecule has 0 saturated heterocycles. The van der Waals surface area contributed by atoms with Crippen molar-refractivity contribution in [2.45, 2.75) is 38.3 Å². The first-order valence-electron chi connectivity index (χ1n) is 4.37. The summed E-state index contributed by atoms with van der Waals surface area (Å²) in [6.07, 6.45) is 5.14. The molecule has 0 unspecified atom stereocenters. The highest BCUT2D eigenvalue weighted by molar-refractivity contribution is 5.09. The maximum Gasteiger partial charge on any atom is 0.208 e. The molecule has 2 aliphatic rings. The Hall–Kier alpha value is -0.440. The molecule has 1 saturated carbocycles. The molecule has 0 amide bonds. The highest BCUT2D eigenvalue weighted by Gasteiger charge is 2.56. The molecule has 0 aromatic heterocycles. The normalized spacial score (nSPS) is 30.7. The van der Waals surface area contributed by atoms with E-state index in [1.807, 2.05) is 0 Å². The molecule has 1 aliphatic heterocycles. The van der Waals surface area contributed by atoms with Gasteiger partial charge in [-0.05, 0) is 12.8 Å². The lowest BCUT2D eigenvalue weighted by atomic mass is 9.78. The van der Waals surface area contributed by atoms with Crippen LogP contribution in [0.2, 0.25) is 0 Å². The Balaban J connectivity index is 2.13. The van der Waals surface area contributed by atoms with E-state index in [1.165, 1.54) is 25.7 Å². The van der Waals surface area contributed by atoms with Crippen LogP contribution in [0.25, 0.3) is 0 Å². The third-order valence-corrected chi connectivity index (χ3v) is 3.30. The molecule has 2 N–H and O–H groups in total. The Labute approximate surface area is 67.1 Å². The molecule has 1 heterocycles. The zero-order chi connectivity index (χ0) is 7.95. The molecule has 1 aliphatic carbocycles. The Morgan fingerprint density at radius 1 is 1.27 bits per heavy atom. The van der Waals surface area contributed by atoms with Crippen molar-refractivity contribution in [1.82, 2.24) is 0 Å². The van der Waals surface area contributed by atoms with Crippen molar-refractivity contribution in [2.24, 2.45) is 21.4 Å². The van der Waals surface area contributed by atoms with Gasteiger partial charge in [-0.1, -0.05) is 19.8 Å². The van der Waals surface area contributed by atoms with Crippen LogP contribution < -0.4 is 5.73 Å². The summed E-state index contributed by atoms with van der Waals surface area (Å²) in [5.74, 6) is 0. The number of rotatable bonds is 2. The second kappa shape index (κ2) is 2.03. The van der Waals surface area contributed by atoms with Gasteiger partial charge in [-0.15, -0.1) is 0 Å². The quantitative estimate of drug-likeness (QED) is 0.644. The van der Waals surface area contributed by atoms with Crippen molar-refractivity contribution in [2.75, 3.05) is 6.54 Å². The summed E-state index contributed by atoms with van der Waals surface area (Å²) < 4.78 is 0. The minimum absolute atomic E-state index is 0.163. The van der Waals surface area contributed by atoms with Gasteiger partial charge in [-0.3, -0.25) is 0 Å². The van der Waals surface area contributed by atoms with Gasteiger partial charge in [0, 0.05) is 12.0 Å². The predicted octanol–water partition coefficient (Wildman–Crippen LogP) is 1.69. The fourth-order valence-corrected chi connectivity index (χ4v) is 2.19. The molecule has 11 heavy (non-hydrogen) atoms. The molecule has 0 aromatic carbocycles.